The third-order valence-electron chi connectivity index (χ3n) is 3.61. The van der Waals surface area contributed by atoms with E-state index in [0.29, 0.717) is 0 Å². The molecule has 0 spiro atoms. The summed E-state index contributed by atoms with van der Waals surface area (Å²) in [7, 11) is 0. The minimum Gasteiger partial charge on any atom is -0.384 e. The van der Waals surface area contributed by atoms with Crippen molar-refractivity contribution >= 4 is 27.1 Å². The Morgan fingerprint density at radius 1 is 1.06 bits per heavy atom. The van der Waals surface area contributed by atoms with Crippen LogP contribution in [-0.4, -0.2) is 6.54 Å². The molecule has 3 aromatic rings. The van der Waals surface area contributed by atoms with Gasteiger partial charge in [0.25, 0.3) is 0 Å². The summed E-state index contributed by atoms with van der Waals surface area (Å²) >= 11 is 1.83. The molecule has 0 unspecified atom stereocenters. The van der Waals surface area contributed by atoms with Gasteiger partial charge < -0.3 is 5.32 Å². The molecule has 0 atom stereocenters. The molecule has 0 bridgehead atoms. The summed E-state index contributed by atoms with van der Waals surface area (Å²) < 4.78 is 1.39. The molecule has 0 fully saturated rings. The fourth-order valence-electron chi connectivity index (χ4n) is 2.69. The number of nitrogens with one attached hydrogen (secondary N) is 1. The van der Waals surface area contributed by atoms with Crippen molar-refractivity contribution in [1.82, 2.24) is 0 Å². The number of fused-ring (bicyclic) bond motifs is 2. The van der Waals surface area contributed by atoms with E-state index in [2.05, 4.69) is 53.2 Å². The number of benzene rings is 2. The van der Waals surface area contributed by atoms with E-state index >= 15 is 0 Å². The maximum atomic E-state index is 3.41. The smallest absolute Gasteiger partial charge is 0.0421 e. The molecule has 2 heterocycles. The van der Waals surface area contributed by atoms with Crippen LogP contribution in [-0.2, 0) is 6.42 Å². The van der Waals surface area contributed by atoms with Gasteiger partial charge in [0, 0.05) is 16.9 Å². The zero-order chi connectivity index (χ0) is 11.9. The van der Waals surface area contributed by atoms with Gasteiger partial charge in [-0.3, -0.25) is 0 Å². The van der Waals surface area contributed by atoms with Crippen LogP contribution in [0.2, 0.25) is 0 Å². The van der Waals surface area contributed by atoms with Gasteiger partial charge in [-0.2, -0.15) is 0 Å². The van der Waals surface area contributed by atoms with Crippen molar-refractivity contribution < 1.29 is 0 Å². The fourth-order valence-corrected chi connectivity index (χ4v) is 3.63. The van der Waals surface area contributed by atoms with E-state index < -0.39 is 0 Å². The van der Waals surface area contributed by atoms with Crippen molar-refractivity contribution in [2.75, 3.05) is 11.9 Å². The average Bonchev–Trinajstić information content (AvgIpc) is 3.05. The minimum atomic E-state index is 1.07. The normalized spacial score (nSPS) is 13.6. The Kier molecular flexibility index (Phi) is 2.17. The van der Waals surface area contributed by atoms with Gasteiger partial charge in [0.1, 0.15) is 0 Å². The van der Waals surface area contributed by atoms with Gasteiger partial charge in [-0.05, 0) is 52.1 Å². The molecule has 0 aliphatic carbocycles. The van der Waals surface area contributed by atoms with E-state index in [1.807, 2.05) is 11.3 Å². The highest BCUT2D eigenvalue weighted by Crippen LogP contribution is 2.35. The summed E-state index contributed by atoms with van der Waals surface area (Å²) in [5.74, 6) is 0. The molecule has 2 aromatic carbocycles. The lowest BCUT2D eigenvalue weighted by atomic mass is 10.0. The Hall–Kier alpha value is -1.80. The van der Waals surface area contributed by atoms with Gasteiger partial charge in [0.05, 0.1) is 0 Å². The fraction of sp³-hybridized carbons (Fsp3) is 0.125. The van der Waals surface area contributed by atoms with Crippen molar-refractivity contribution in [3.8, 4) is 11.1 Å². The van der Waals surface area contributed by atoms with Crippen molar-refractivity contribution in [3.05, 3.63) is 53.4 Å². The summed E-state index contributed by atoms with van der Waals surface area (Å²) in [5.41, 5.74) is 5.45. The minimum absolute atomic E-state index is 1.07. The van der Waals surface area contributed by atoms with E-state index in [4.69, 9.17) is 0 Å². The molecule has 88 valence electrons. The summed E-state index contributed by atoms with van der Waals surface area (Å²) in [4.78, 5) is 0. The van der Waals surface area contributed by atoms with Crippen LogP contribution < -0.4 is 5.32 Å². The summed E-state index contributed by atoms with van der Waals surface area (Å²) in [6.45, 7) is 1.07. The van der Waals surface area contributed by atoms with Crippen LogP contribution in [0.4, 0.5) is 5.69 Å². The van der Waals surface area contributed by atoms with Crippen LogP contribution in [0.15, 0.2) is 47.8 Å². The molecule has 1 nitrogen and oxygen atoms in total. The first-order valence-corrected chi connectivity index (χ1v) is 7.13. The maximum Gasteiger partial charge on any atom is 0.0421 e. The predicted octanol–water partition coefficient (Wildman–Crippen LogP) is 4.54. The summed E-state index contributed by atoms with van der Waals surface area (Å²) in [6.07, 6.45) is 1.14. The standard InChI is InChI=1S/C16H13NS/c1-2-11-7-9-18-16(11)14(3-1)12-4-5-15-13(10-12)6-8-17-15/h1-5,7,9-10,17H,6,8H2. The lowest BCUT2D eigenvalue weighted by molar-refractivity contribution is 1.11. The molecular weight excluding hydrogens is 238 g/mol. The van der Waals surface area contributed by atoms with E-state index in [1.54, 1.807) is 0 Å². The predicted molar refractivity (Wildman–Crippen MR) is 79.5 cm³/mol. The Morgan fingerprint density at radius 3 is 3.06 bits per heavy atom. The van der Waals surface area contributed by atoms with Crippen LogP contribution in [0.1, 0.15) is 5.56 Å². The van der Waals surface area contributed by atoms with Crippen molar-refractivity contribution in [2.24, 2.45) is 0 Å². The lowest BCUT2D eigenvalue weighted by Gasteiger charge is -2.06. The molecule has 0 amide bonds. The Balaban J connectivity index is 1.94. The highest BCUT2D eigenvalue weighted by atomic mass is 32.1. The Morgan fingerprint density at radius 2 is 2.06 bits per heavy atom. The number of hydrogen-bond acceptors (Lipinski definition) is 2. The molecule has 0 saturated carbocycles. The maximum absolute atomic E-state index is 3.41. The monoisotopic (exact) mass is 251 g/mol. The lowest BCUT2D eigenvalue weighted by Crippen LogP contribution is -1.90. The third-order valence-corrected chi connectivity index (χ3v) is 4.57. The molecule has 2 heteroatoms. The zero-order valence-electron chi connectivity index (χ0n) is 9.94. The highest BCUT2D eigenvalue weighted by Gasteiger charge is 2.12. The first-order valence-electron chi connectivity index (χ1n) is 6.25. The van der Waals surface area contributed by atoms with Gasteiger partial charge in [0.15, 0.2) is 0 Å². The second-order valence-electron chi connectivity index (χ2n) is 4.69. The molecule has 1 N–H and O–H groups in total. The van der Waals surface area contributed by atoms with Gasteiger partial charge in [-0.15, -0.1) is 11.3 Å². The van der Waals surface area contributed by atoms with E-state index in [0.717, 1.165) is 13.0 Å². The van der Waals surface area contributed by atoms with Gasteiger partial charge in [-0.25, -0.2) is 0 Å². The van der Waals surface area contributed by atoms with Crippen LogP contribution in [0.3, 0.4) is 0 Å². The zero-order valence-corrected chi connectivity index (χ0v) is 10.8. The van der Waals surface area contributed by atoms with Crippen LogP contribution in [0, 0.1) is 0 Å². The number of hydrogen-bond donors (Lipinski definition) is 1. The molecule has 0 saturated heterocycles. The summed E-state index contributed by atoms with van der Waals surface area (Å²) in [5, 5.41) is 6.93. The van der Waals surface area contributed by atoms with E-state index in [9.17, 15) is 0 Å². The van der Waals surface area contributed by atoms with Crippen molar-refractivity contribution in [3.63, 3.8) is 0 Å². The molecule has 0 radical (unpaired) electrons. The van der Waals surface area contributed by atoms with Gasteiger partial charge in [-0.1, -0.05) is 24.3 Å². The average molecular weight is 251 g/mol. The largest absolute Gasteiger partial charge is 0.384 e. The second kappa shape index (κ2) is 3.85. The Bertz CT molecular complexity index is 727. The first kappa shape index (κ1) is 10.2. The van der Waals surface area contributed by atoms with E-state index in [1.165, 1.54) is 32.5 Å². The molecule has 1 aliphatic heterocycles. The van der Waals surface area contributed by atoms with Crippen molar-refractivity contribution in [2.45, 2.75) is 6.42 Å². The summed E-state index contributed by atoms with van der Waals surface area (Å²) in [6, 6.07) is 15.5. The number of rotatable bonds is 1. The van der Waals surface area contributed by atoms with Crippen LogP contribution in [0.5, 0.6) is 0 Å². The molecular formula is C16H13NS. The number of thiophene rings is 1. The van der Waals surface area contributed by atoms with Crippen LogP contribution >= 0.6 is 11.3 Å². The van der Waals surface area contributed by atoms with Gasteiger partial charge in [0.2, 0.25) is 0 Å². The number of anilines is 1. The molecule has 1 aromatic heterocycles. The van der Waals surface area contributed by atoms with Crippen molar-refractivity contribution in [1.29, 1.82) is 0 Å². The second-order valence-corrected chi connectivity index (χ2v) is 5.61. The first-order chi connectivity index (χ1) is 8.92. The molecule has 18 heavy (non-hydrogen) atoms. The topological polar surface area (TPSA) is 12.0 Å². The molecule has 4 rings (SSSR count). The Labute approximate surface area is 110 Å². The van der Waals surface area contributed by atoms with Gasteiger partial charge >= 0.3 is 0 Å². The van der Waals surface area contributed by atoms with E-state index in [-0.39, 0.29) is 0 Å². The third kappa shape index (κ3) is 1.46. The molecule has 1 aliphatic rings. The quantitative estimate of drug-likeness (QED) is 0.669. The highest BCUT2D eigenvalue weighted by molar-refractivity contribution is 7.17. The van der Waals surface area contributed by atoms with Crippen LogP contribution in [0.25, 0.3) is 21.2 Å². The SMILES string of the molecule is c1cc(-c2ccc3c(c2)CCN3)c2sccc2c1.